The third kappa shape index (κ3) is 46.0. The molecule has 1 heterocycles. The van der Waals surface area contributed by atoms with E-state index < -0.39 is 12.2 Å². The van der Waals surface area contributed by atoms with E-state index in [4.69, 9.17) is 4.74 Å². The second-order valence-corrected chi connectivity index (χ2v) is 24.8. The topological polar surface area (TPSA) is 120 Å². The van der Waals surface area contributed by atoms with Gasteiger partial charge in [-0.2, -0.15) is 0 Å². The normalized spacial score (nSPS) is 15.5. The van der Waals surface area contributed by atoms with E-state index in [-0.39, 0.29) is 18.2 Å². The van der Waals surface area contributed by atoms with Crippen LogP contribution < -0.4 is 0 Å². The van der Waals surface area contributed by atoms with Crippen LogP contribution in [-0.4, -0.2) is 167 Å². The Kier molecular flexibility index (Phi) is 51.3. The molecule has 72 heavy (non-hydrogen) atoms. The predicted octanol–water partition coefficient (Wildman–Crippen LogP) is 13.7. The summed E-state index contributed by atoms with van der Waals surface area (Å²) in [4.78, 5) is 22.3. The Morgan fingerprint density at radius 3 is 1.11 bits per heavy atom. The maximum absolute atomic E-state index is 12.8. The van der Waals surface area contributed by atoms with Gasteiger partial charge in [0, 0.05) is 83.4 Å². The summed E-state index contributed by atoms with van der Waals surface area (Å²) in [6, 6.07) is 0. The number of carbonyl (C=O) groups is 1. The summed E-state index contributed by atoms with van der Waals surface area (Å²) < 4.78 is 5.69. The van der Waals surface area contributed by atoms with Crippen LogP contribution in [0.4, 0.5) is 0 Å². The van der Waals surface area contributed by atoms with Crippen LogP contribution in [0.15, 0.2) is 0 Å². The number of rotatable bonds is 56. The van der Waals surface area contributed by atoms with Crippen molar-refractivity contribution in [2.75, 3.05) is 96.6 Å². The van der Waals surface area contributed by atoms with E-state index in [2.05, 4.69) is 47.3 Å². The van der Waals surface area contributed by atoms with Gasteiger partial charge in [-0.1, -0.05) is 229 Å². The Morgan fingerprint density at radius 1 is 0.417 bits per heavy atom. The molecule has 0 saturated carbocycles. The summed E-state index contributed by atoms with van der Waals surface area (Å²) in [7, 11) is 3.98. The van der Waals surface area contributed by atoms with Gasteiger partial charge in [-0.15, -0.1) is 0 Å². The molecular weight excluding hydrogens is 937 g/mol. The van der Waals surface area contributed by atoms with Crippen LogP contribution in [0.1, 0.15) is 259 Å². The molecule has 4 unspecified atom stereocenters. The lowest BCUT2D eigenvalue weighted by molar-refractivity contribution is -0.144. The zero-order chi connectivity index (χ0) is 52.4. The van der Waals surface area contributed by atoms with Crippen molar-refractivity contribution >= 4 is 27.6 Å². The summed E-state index contributed by atoms with van der Waals surface area (Å²) >= 11 is 0. The molecule has 1 aliphatic rings. The first-order chi connectivity index (χ1) is 35.2. The Morgan fingerprint density at radius 2 is 0.736 bits per heavy atom. The average molecular weight is 1060 g/mol. The third-order valence-corrected chi connectivity index (χ3v) is 17.4. The Labute approximate surface area is 454 Å². The Hall–Kier alpha value is -0.150. The van der Waals surface area contributed by atoms with Gasteiger partial charge < -0.3 is 25.2 Å². The first kappa shape index (κ1) is 69.9. The molecule has 0 bridgehead atoms. The van der Waals surface area contributed by atoms with E-state index in [0.717, 1.165) is 122 Å². The number of unbranched alkanes of at least 4 members (excludes halogenated alkanes) is 25. The van der Waals surface area contributed by atoms with Gasteiger partial charge in [0.2, 0.25) is 0 Å². The van der Waals surface area contributed by atoms with Gasteiger partial charge in [-0.05, 0) is 58.0 Å². The molecular formula is C60H122N4O6S2. The quantitative estimate of drug-likeness (QED) is 0.0264. The molecule has 10 nitrogen and oxygen atoms in total. The number of nitrogens with zero attached hydrogens (tertiary/aromatic N) is 4. The van der Waals surface area contributed by atoms with Gasteiger partial charge in [0.15, 0.2) is 0 Å². The first-order valence-electron chi connectivity index (χ1n) is 31.2. The van der Waals surface area contributed by atoms with Crippen LogP contribution in [0, 0.1) is 0 Å². The smallest absolute Gasteiger partial charge is 0.305 e. The van der Waals surface area contributed by atoms with Crippen LogP contribution in [-0.2, 0) is 9.53 Å². The highest BCUT2D eigenvalue weighted by Gasteiger charge is 2.20. The molecule has 4 N–H and O–H groups in total. The number of hydrogen-bond donors (Lipinski definition) is 4. The molecule has 1 saturated heterocycles. The highest BCUT2D eigenvalue weighted by Crippen LogP contribution is 2.23. The maximum Gasteiger partial charge on any atom is 0.305 e. The fourth-order valence-electron chi connectivity index (χ4n) is 10.2. The lowest BCUT2D eigenvalue weighted by atomic mass is 10.0. The monoisotopic (exact) mass is 1060 g/mol. The minimum Gasteiger partial charge on any atom is -0.464 e. The lowest BCUT2D eigenvalue weighted by Crippen LogP contribution is -2.47. The molecule has 0 amide bonds. The number of hydrogen-bond acceptors (Lipinski definition) is 12. The zero-order valence-corrected chi connectivity index (χ0v) is 49.7. The highest BCUT2D eigenvalue weighted by atomic mass is 33.1. The van der Waals surface area contributed by atoms with Crippen molar-refractivity contribution in [1.29, 1.82) is 0 Å². The minimum atomic E-state index is -0.400. The number of aliphatic hydroxyl groups excluding tert-OH is 4. The summed E-state index contributed by atoms with van der Waals surface area (Å²) in [6.07, 6.45) is 40.3. The van der Waals surface area contributed by atoms with Crippen LogP contribution in [0.25, 0.3) is 0 Å². The fourth-order valence-corrected chi connectivity index (χ4v) is 12.4. The van der Waals surface area contributed by atoms with E-state index in [0.29, 0.717) is 52.2 Å². The molecule has 430 valence electrons. The predicted molar refractivity (Wildman–Crippen MR) is 315 cm³/mol. The van der Waals surface area contributed by atoms with E-state index in [1.54, 1.807) is 0 Å². The first-order valence-corrected chi connectivity index (χ1v) is 33.7. The maximum atomic E-state index is 12.8. The summed E-state index contributed by atoms with van der Waals surface area (Å²) in [6.45, 7) is 19.5. The number of esters is 1. The molecule has 1 aliphatic heterocycles. The summed E-state index contributed by atoms with van der Waals surface area (Å²) in [5, 5.41) is 43.8. The van der Waals surface area contributed by atoms with E-state index in [1.165, 1.54) is 154 Å². The molecule has 4 atom stereocenters. The largest absolute Gasteiger partial charge is 0.464 e. The summed E-state index contributed by atoms with van der Waals surface area (Å²) in [5.74, 6) is 2.11. The number of carbonyl (C=O) groups excluding carboxylic acids is 1. The fraction of sp³-hybridized carbons (Fsp3) is 0.983. The molecule has 0 aromatic rings. The standard InChI is InChI=1S/C60H122N4O6S2/c1-5-9-13-17-21-23-27-31-38-56(65)52-63(53-57(66)39-32-28-24-22-18-14-10-6-2)41-33-34-50-71-72-51-48-62-45-43-61(44-46-62)47-49-70-60(69)40-35-42-64(54-58(67)36-29-25-19-15-11-7-3)55-59(68)37-30-26-20-16-12-8-4/h56-59,65-68H,5-55H2,1-4H3. The molecule has 0 aromatic carbocycles. The van der Waals surface area contributed by atoms with E-state index in [1.807, 2.05) is 21.6 Å². The van der Waals surface area contributed by atoms with Crippen molar-refractivity contribution in [3.8, 4) is 0 Å². The number of piperazine rings is 1. The van der Waals surface area contributed by atoms with Crippen LogP contribution in [0.5, 0.6) is 0 Å². The van der Waals surface area contributed by atoms with Crippen molar-refractivity contribution in [2.24, 2.45) is 0 Å². The lowest BCUT2D eigenvalue weighted by Gasteiger charge is -2.34. The molecule has 0 radical (unpaired) electrons. The van der Waals surface area contributed by atoms with Crippen LogP contribution in [0.3, 0.4) is 0 Å². The van der Waals surface area contributed by atoms with Crippen molar-refractivity contribution in [3.63, 3.8) is 0 Å². The minimum absolute atomic E-state index is 0.146. The second-order valence-electron chi connectivity index (χ2n) is 22.1. The van der Waals surface area contributed by atoms with Gasteiger partial charge in [-0.25, -0.2) is 0 Å². The van der Waals surface area contributed by atoms with Crippen molar-refractivity contribution in [1.82, 2.24) is 19.6 Å². The average Bonchev–Trinajstić information content (AvgIpc) is 3.36. The van der Waals surface area contributed by atoms with Gasteiger partial charge in [0.05, 0.1) is 24.4 Å². The zero-order valence-electron chi connectivity index (χ0n) is 48.1. The number of aliphatic hydroxyl groups is 4. The van der Waals surface area contributed by atoms with Gasteiger partial charge in [-0.3, -0.25) is 24.4 Å². The van der Waals surface area contributed by atoms with Crippen LogP contribution in [0.2, 0.25) is 0 Å². The van der Waals surface area contributed by atoms with Crippen LogP contribution >= 0.6 is 21.6 Å². The molecule has 12 heteroatoms. The van der Waals surface area contributed by atoms with Crippen molar-refractivity contribution in [2.45, 2.75) is 283 Å². The molecule has 1 fully saturated rings. The third-order valence-electron chi connectivity index (χ3n) is 15.0. The number of ether oxygens (including phenoxy) is 1. The Bertz CT molecular complexity index is 1070. The highest BCUT2D eigenvalue weighted by molar-refractivity contribution is 8.76. The SMILES string of the molecule is CCCCCCCCCCC(O)CN(CCCCSSCCN1CCN(CCOC(=O)CCCN(CC(O)CCCCCCCC)CC(O)CCCCCCCC)CC1)CC(O)CCCCCCCCCC. The molecule has 1 rings (SSSR count). The second kappa shape index (κ2) is 52.9. The van der Waals surface area contributed by atoms with E-state index >= 15 is 0 Å². The molecule has 0 aliphatic carbocycles. The van der Waals surface area contributed by atoms with E-state index in [9.17, 15) is 25.2 Å². The van der Waals surface area contributed by atoms with Gasteiger partial charge in [0.1, 0.15) is 6.61 Å². The van der Waals surface area contributed by atoms with Gasteiger partial charge in [0.25, 0.3) is 0 Å². The Balaban J connectivity index is 2.32. The molecule has 0 aromatic heterocycles. The van der Waals surface area contributed by atoms with Gasteiger partial charge >= 0.3 is 5.97 Å². The van der Waals surface area contributed by atoms with Crippen molar-refractivity contribution in [3.05, 3.63) is 0 Å². The summed E-state index contributed by atoms with van der Waals surface area (Å²) in [5.41, 5.74) is 0. The van der Waals surface area contributed by atoms with Crippen molar-refractivity contribution < 1.29 is 30.0 Å². The molecule has 0 spiro atoms.